The number of carbonyl (C=O) groups excluding carboxylic acids is 2. The molecule has 0 radical (unpaired) electrons. The number of hydrogen-bond donors (Lipinski definition) is 0. The van der Waals surface area contributed by atoms with Gasteiger partial charge in [0.1, 0.15) is 6.10 Å². The number of fused-ring (bicyclic) bond motifs is 2. The molecule has 0 unspecified atom stereocenters. The number of rotatable bonds is 2. The molecular formula is C14H12O4. The quantitative estimate of drug-likeness (QED) is 0.587. The molecule has 3 atom stereocenters. The van der Waals surface area contributed by atoms with Gasteiger partial charge in [0.15, 0.2) is 6.10 Å². The van der Waals surface area contributed by atoms with E-state index in [0.717, 1.165) is 0 Å². The van der Waals surface area contributed by atoms with Crippen molar-refractivity contribution in [1.82, 2.24) is 0 Å². The van der Waals surface area contributed by atoms with Gasteiger partial charge in [-0.15, -0.1) is 0 Å². The summed E-state index contributed by atoms with van der Waals surface area (Å²) in [5.41, 5.74) is 0.509. The van der Waals surface area contributed by atoms with Crippen LogP contribution in [0.15, 0.2) is 42.5 Å². The minimum Gasteiger partial charge on any atom is -0.454 e. The minimum atomic E-state index is -0.435. The average Bonchev–Trinajstić information content (AvgIpc) is 2.41. The lowest BCUT2D eigenvalue weighted by molar-refractivity contribution is -0.167. The van der Waals surface area contributed by atoms with Crippen molar-refractivity contribution < 1.29 is 19.1 Å². The fraction of sp³-hybridized carbons (Fsp3) is 0.286. The van der Waals surface area contributed by atoms with Gasteiger partial charge in [0, 0.05) is 6.42 Å². The van der Waals surface area contributed by atoms with Crippen molar-refractivity contribution in [3.8, 4) is 0 Å². The molecule has 0 amide bonds. The molecule has 92 valence electrons. The highest BCUT2D eigenvalue weighted by Crippen LogP contribution is 2.30. The maximum Gasteiger partial charge on any atom is 0.338 e. The number of hydrogen-bond acceptors (Lipinski definition) is 4. The molecule has 0 saturated carbocycles. The SMILES string of the molecule is O=C(O[C@H]1C[C@H]2C=C[C@@H]1OC2=O)c1ccccc1. The molecule has 0 N–H and O–H groups in total. The third-order valence-corrected chi connectivity index (χ3v) is 3.21. The van der Waals surface area contributed by atoms with Crippen molar-refractivity contribution in [3.05, 3.63) is 48.0 Å². The molecule has 1 saturated heterocycles. The van der Waals surface area contributed by atoms with Crippen LogP contribution < -0.4 is 0 Å². The lowest BCUT2D eigenvalue weighted by atomic mass is 9.88. The van der Waals surface area contributed by atoms with Gasteiger partial charge in [0.25, 0.3) is 0 Å². The Morgan fingerprint density at radius 1 is 1.22 bits per heavy atom. The fourth-order valence-corrected chi connectivity index (χ4v) is 2.24. The Hall–Kier alpha value is -2.10. The molecule has 2 aliphatic heterocycles. The maximum atomic E-state index is 11.9. The second-order valence-electron chi connectivity index (χ2n) is 4.44. The molecule has 4 heteroatoms. The molecule has 2 heterocycles. The van der Waals surface area contributed by atoms with Crippen LogP contribution in [0.5, 0.6) is 0 Å². The number of carbonyl (C=O) groups is 2. The van der Waals surface area contributed by atoms with Crippen LogP contribution in [0.2, 0.25) is 0 Å². The van der Waals surface area contributed by atoms with Gasteiger partial charge < -0.3 is 9.47 Å². The molecule has 1 fully saturated rings. The summed E-state index contributed by atoms with van der Waals surface area (Å²) in [6, 6.07) is 8.80. The van der Waals surface area contributed by atoms with Crippen molar-refractivity contribution in [3.63, 3.8) is 0 Å². The summed E-state index contributed by atoms with van der Waals surface area (Å²) in [5, 5.41) is 0. The van der Waals surface area contributed by atoms with E-state index >= 15 is 0 Å². The predicted octanol–water partition coefficient (Wildman–Crippen LogP) is 1.71. The minimum absolute atomic E-state index is 0.227. The van der Waals surface area contributed by atoms with Crippen LogP contribution in [-0.4, -0.2) is 24.1 Å². The first-order valence-electron chi connectivity index (χ1n) is 5.89. The molecule has 1 aliphatic carbocycles. The Morgan fingerprint density at radius 2 is 2.00 bits per heavy atom. The first-order valence-corrected chi connectivity index (χ1v) is 5.89. The van der Waals surface area contributed by atoms with Crippen LogP contribution >= 0.6 is 0 Å². The highest BCUT2D eigenvalue weighted by atomic mass is 16.6. The zero-order valence-corrected chi connectivity index (χ0v) is 9.61. The molecule has 0 spiro atoms. The van der Waals surface area contributed by atoms with Crippen molar-refractivity contribution in [2.45, 2.75) is 18.6 Å². The Labute approximate surface area is 104 Å². The van der Waals surface area contributed by atoms with Gasteiger partial charge in [0.2, 0.25) is 0 Å². The summed E-state index contributed by atoms with van der Waals surface area (Å²) in [4.78, 5) is 23.2. The normalized spacial score (nSPS) is 28.9. The number of ether oxygens (including phenoxy) is 2. The van der Waals surface area contributed by atoms with Crippen LogP contribution in [-0.2, 0) is 14.3 Å². The standard InChI is InChI=1S/C14H12O4/c15-13(9-4-2-1-3-5-9)18-12-8-10-6-7-11(12)17-14(10)16/h1-7,10-12H,8H2/t10-,11+,12+/m1/s1. The smallest absolute Gasteiger partial charge is 0.338 e. The topological polar surface area (TPSA) is 52.6 Å². The third-order valence-electron chi connectivity index (χ3n) is 3.21. The van der Waals surface area contributed by atoms with Crippen molar-refractivity contribution >= 4 is 11.9 Å². The highest BCUT2D eigenvalue weighted by Gasteiger charge is 2.41. The van der Waals surface area contributed by atoms with Gasteiger partial charge in [-0.25, -0.2) is 4.79 Å². The van der Waals surface area contributed by atoms with E-state index in [4.69, 9.17) is 9.47 Å². The molecule has 4 nitrogen and oxygen atoms in total. The molecule has 18 heavy (non-hydrogen) atoms. The lowest BCUT2D eigenvalue weighted by Gasteiger charge is -2.36. The van der Waals surface area contributed by atoms with Gasteiger partial charge in [-0.2, -0.15) is 0 Å². The molecule has 3 aliphatic rings. The summed E-state index contributed by atoms with van der Waals surface area (Å²) in [7, 11) is 0. The van der Waals surface area contributed by atoms with E-state index in [2.05, 4.69) is 0 Å². The Kier molecular flexibility index (Phi) is 2.63. The molecule has 4 rings (SSSR count). The van der Waals surface area contributed by atoms with Crippen molar-refractivity contribution in [2.75, 3.05) is 0 Å². The van der Waals surface area contributed by atoms with Gasteiger partial charge >= 0.3 is 11.9 Å². The van der Waals surface area contributed by atoms with Crippen LogP contribution in [0.4, 0.5) is 0 Å². The Bertz CT molecular complexity index is 506. The van der Waals surface area contributed by atoms with E-state index in [1.165, 1.54) is 0 Å². The second-order valence-corrected chi connectivity index (χ2v) is 4.44. The van der Waals surface area contributed by atoms with E-state index in [1.807, 2.05) is 12.1 Å². The molecule has 1 aromatic carbocycles. The summed E-state index contributed by atoms with van der Waals surface area (Å²) in [6.45, 7) is 0. The van der Waals surface area contributed by atoms with Crippen molar-refractivity contribution in [2.24, 2.45) is 5.92 Å². The molecule has 0 aromatic heterocycles. The first kappa shape index (κ1) is 11.0. The Morgan fingerprint density at radius 3 is 2.61 bits per heavy atom. The van der Waals surface area contributed by atoms with Crippen LogP contribution in [0.3, 0.4) is 0 Å². The monoisotopic (exact) mass is 244 g/mol. The number of esters is 2. The predicted molar refractivity (Wildman–Crippen MR) is 62.8 cm³/mol. The second kappa shape index (κ2) is 4.29. The average molecular weight is 244 g/mol. The molecule has 1 aromatic rings. The van der Waals surface area contributed by atoms with E-state index in [0.29, 0.717) is 12.0 Å². The van der Waals surface area contributed by atoms with Gasteiger partial charge in [0.05, 0.1) is 11.5 Å². The molecule has 2 bridgehead atoms. The van der Waals surface area contributed by atoms with E-state index in [1.54, 1.807) is 30.3 Å². The maximum absolute atomic E-state index is 11.9. The van der Waals surface area contributed by atoms with Crippen LogP contribution in [0.25, 0.3) is 0 Å². The zero-order valence-electron chi connectivity index (χ0n) is 9.61. The summed E-state index contributed by atoms with van der Waals surface area (Å²) in [5.74, 6) is -0.879. The zero-order chi connectivity index (χ0) is 12.5. The fourth-order valence-electron chi connectivity index (χ4n) is 2.24. The largest absolute Gasteiger partial charge is 0.454 e. The summed E-state index contributed by atoms with van der Waals surface area (Å²) < 4.78 is 10.5. The third kappa shape index (κ3) is 1.90. The number of benzene rings is 1. The van der Waals surface area contributed by atoms with Gasteiger partial charge in [-0.05, 0) is 18.2 Å². The lowest BCUT2D eigenvalue weighted by Crippen LogP contribution is -2.45. The van der Waals surface area contributed by atoms with Crippen molar-refractivity contribution in [1.29, 1.82) is 0 Å². The summed E-state index contributed by atoms with van der Waals surface area (Å²) >= 11 is 0. The summed E-state index contributed by atoms with van der Waals surface area (Å²) in [6.07, 6.45) is 3.32. The molecular weight excluding hydrogens is 232 g/mol. The van der Waals surface area contributed by atoms with E-state index in [9.17, 15) is 9.59 Å². The van der Waals surface area contributed by atoms with E-state index in [-0.39, 0.29) is 24.0 Å². The Balaban J connectivity index is 1.70. The first-order chi connectivity index (χ1) is 8.74. The highest BCUT2D eigenvalue weighted by molar-refractivity contribution is 5.89. The van der Waals surface area contributed by atoms with Gasteiger partial charge in [-0.3, -0.25) is 4.79 Å². The van der Waals surface area contributed by atoms with Gasteiger partial charge in [-0.1, -0.05) is 24.3 Å². The van der Waals surface area contributed by atoms with E-state index < -0.39 is 6.10 Å². The van der Waals surface area contributed by atoms with Crippen LogP contribution in [0.1, 0.15) is 16.8 Å². The van der Waals surface area contributed by atoms with Crippen LogP contribution in [0, 0.1) is 5.92 Å².